The Labute approximate surface area is 228 Å². The molecule has 0 saturated heterocycles. The number of carbonyl (C=O) groups is 2. The van der Waals surface area contributed by atoms with Gasteiger partial charge in [0.25, 0.3) is 0 Å². The number of hydrogen-bond acceptors (Lipinski definition) is 6. The van der Waals surface area contributed by atoms with Crippen molar-refractivity contribution in [1.29, 1.82) is 0 Å². The Hall–Kier alpha value is -3.58. The summed E-state index contributed by atoms with van der Waals surface area (Å²) in [5.41, 5.74) is 4.28. The standard InChI is InChI=1S/C31H34N2O4S/c1-4-5-6-13-29(35)33-24-11-8-7-10-22(24)32-23-17-21(20-14-15-26(36-2)27(19-20)37-3)18-25(34)30(23)31(33)28-12-9-16-38-28/h7-12,14-16,19,21,31-32H,4-6,13,17-18H2,1-3H3/t21-,31+/m1/s1. The molecule has 0 spiro atoms. The van der Waals surface area contributed by atoms with Crippen molar-refractivity contribution in [3.8, 4) is 11.5 Å². The number of thiophene rings is 1. The van der Waals surface area contributed by atoms with Gasteiger partial charge < -0.3 is 14.8 Å². The van der Waals surface area contributed by atoms with E-state index in [-0.39, 0.29) is 17.6 Å². The van der Waals surface area contributed by atoms with Crippen molar-refractivity contribution in [2.24, 2.45) is 0 Å². The number of allylic oxidation sites excluding steroid dienone is 1. The van der Waals surface area contributed by atoms with Crippen LogP contribution in [0.3, 0.4) is 0 Å². The molecule has 0 unspecified atom stereocenters. The minimum Gasteiger partial charge on any atom is -0.493 e. The first-order valence-electron chi connectivity index (χ1n) is 13.2. The fourth-order valence-corrected chi connectivity index (χ4v) is 6.39. The van der Waals surface area contributed by atoms with E-state index in [1.54, 1.807) is 25.6 Å². The predicted octanol–water partition coefficient (Wildman–Crippen LogP) is 7.25. The first-order chi connectivity index (χ1) is 18.5. The normalized spacial score (nSPS) is 18.8. The fraction of sp³-hybridized carbons (Fsp3) is 0.355. The van der Waals surface area contributed by atoms with Crippen LogP contribution in [0.25, 0.3) is 0 Å². The minimum atomic E-state index is -0.450. The van der Waals surface area contributed by atoms with E-state index in [9.17, 15) is 9.59 Å². The summed E-state index contributed by atoms with van der Waals surface area (Å²) in [6.45, 7) is 2.14. The van der Waals surface area contributed by atoms with Gasteiger partial charge in [-0.05, 0) is 60.0 Å². The summed E-state index contributed by atoms with van der Waals surface area (Å²) in [5.74, 6) is 1.41. The Balaban J connectivity index is 1.60. The Morgan fingerprint density at radius 3 is 2.58 bits per heavy atom. The average Bonchev–Trinajstić information content (AvgIpc) is 3.42. The molecule has 1 aromatic heterocycles. The number of carbonyl (C=O) groups excluding carboxylic acids is 2. The van der Waals surface area contributed by atoms with Crippen LogP contribution in [0.4, 0.5) is 11.4 Å². The molecule has 0 fully saturated rings. The van der Waals surface area contributed by atoms with Crippen molar-refractivity contribution in [3.05, 3.63) is 81.7 Å². The number of ketones is 1. The van der Waals surface area contributed by atoms with E-state index >= 15 is 0 Å². The number of unbranched alkanes of at least 4 members (excludes halogenated alkanes) is 2. The molecule has 198 valence electrons. The number of rotatable bonds is 8. The summed E-state index contributed by atoms with van der Waals surface area (Å²) in [6.07, 6.45) is 4.36. The summed E-state index contributed by atoms with van der Waals surface area (Å²) in [7, 11) is 3.24. The largest absolute Gasteiger partial charge is 0.493 e. The number of methoxy groups -OCH3 is 2. The highest BCUT2D eigenvalue weighted by Crippen LogP contribution is 2.49. The lowest BCUT2D eigenvalue weighted by Gasteiger charge is -2.34. The number of hydrogen-bond donors (Lipinski definition) is 1. The van der Waals surface area contributed by atoms with Crippen LogP contribution in [-0.2, 0) is 9.59 Å². The molecule has 0 radical (unpaired) electrons. The lowest BCUT2D eigenvalue weighted by molar-refractivity contribution is -0.119. The highest BCUT2D eigenvalue weighted by atomic mass is 32.1. The second kappa shape index (κ2) is 11.4. The van der Waals surface area contributed by atoms with Gasteiger partial charge in [-0.3, -0.25) is 14.5 Å². The van der Waals surface area contributed by atoms with Gasteiger partial charge in [-0.15, -0.1) is 11.3 Å². The lowest BCUT2D eigenvalue weighted by atomic mass is 9.79. The third kappa shape index (κ3) is 4.95. The summed E-state index contributed by atoms with van der Waals surface area (Å²) >= 11 is 1.59. The van der Waals surface area contributed by atoms with Gasteiger partial charge in [-0.1, -0.05) is 44.0 Å². The number of para-hydroxylation sites is 2. The molecule has 1 N–H and O–H groups in total. The number of amides is 1. The number of nitrogens with zero attached hydrogens (tertiary/aromatic N) is 1. The van der Waals surface area contributed by atoms with E-state index < -0.39 is 6.04 Å². The topological polar surface area (TPSA) is 67.9 Å². The third-order valence-corrected chi connectivity index (χ3v) is 8.37. The van der Waals surface area contributed by atoms with Crippen LogP contribution in [0, 0.1) is 0 Å². The molecule has 3 aromatic rings. The van der Waals surface area contributed by atoms with E-state index in [1.807, 2.05) is 64.9 Å². The van der Waals surface area contributed by atoms with E-state index in [0.717, 1.165) is 46.8 Å². The zero-order valence-corrected chi connectivity index (χ0v) is 23.0. The van der Waals surface area contributed by atoms with Crippen LogP contribution in [-0.4, -0.2) is 25.9 Å². The Morgan fingerprint density at radius 2 is 1.84 bits per heavy atom. The van der Waals surface area contributed by atoms with Gasteiger partial charge in [0.1, 0.15) is 6.04 Å². The van der Waals surface area contributed by atoms with Crippen molar-refractivity contribution in [1.82, 2.24) is 0 Å². The van der Waals surface area contributed by atoms with E-state index in [2.05, 4.69) is 12.2 Å². The predicted molar refractivity (Wildman–Crippen MR) is 152 cm³/mol. The number of anilines is 2. The molecule has 6 nitrogen and oxygen atoms in total. The van der Waals surface area contributed by atoms with Crippen LogP contribution in [0.15, 0.2) is 71.2 Å². The van der Waals surface area contributed by atoms with Gasteiger partial charge in [0.05, 0.1) is 25.6 Å². The minimum absolute atomic E-state index is 0.0171. The molecule has 0 bridgehead atoms. The van der Waals surface area contributed by atoms with Gasteiger partial charge in [0.15, 0.2) is 17.3 Å². The van der Waals surface area contributed by atoms with Crippen LogP contribution < -0.4 is 19.7 Å². The highest BCUT2D eigenvalue weighted by molar-refractivity contribution is 7.10. The number of benzene rings is 2. The molecule has 2 aliphatic rings. The molecule has 2 atom stereocenters. The number of Topliss-reactive ketones (excluding diaryl/α,β-unsaturated/α-hetero) is 1. The molecule has 1 aliphatic carbocycles. The second-order valence-electron chi connectivity index (χ2n) is 9.82. The monoisotopic (exact) mass is 530 g/mol. The van der Waals surface area contributed by atoms with Gasteiger partial charge in [-0.25, -0.2) is 0 Å². The maximum Gasteiger partial charge on any atom is 0.227 e. The number of ether oxygens (including phenoxy) is 2. The van der Waals surface area contributed by atoms with Crippen molar-refractivity contribution in [2.45, 2.75) is 57.4 Å². The van der Waals surface area contributed by atoms with Crippen molar-refractivity contribution < 1.29 is 19.1 Å². The Kier molecular flexibility index (Phi) is 7.84. The summed E-state index contributed by atoms with van der Waals surface area (Å²) in [6, 6.07) is 17.3. The van der Waals surface area contributed by atoms with Crippen molar-refractivity contribution in [2.75, 3.05) is 24.4 Å². The van der Waals surface area contributed by atoms with Crippen LogP contribution in [0.2, 0.25) is 0 Å². The zero-order chi connectivity index (χ0) is 26.6. The third-order valence-electron chi connectivity index (χ3n) is 7.44. The molecule has 7 heteroatoms. The van der Waals surface area contributed by atoms with E-state index in [1.165, 1.54) is 0 Å². The van der Waals surface area contributed by atoms with Crippen LogP contribution in [0.5, 0.6) is 11.5 Å². The molecule has 1 amide bonds. The molecular formula is C31H34N2O4S. The van der Waals surface area contributed by atoms with Crippen molar-refractivity contribution in [3.63, 3.8) is 0 Å². The van der Waals surface area contributed by atoms with E-state index in [0.29, 0.717) is 36.3 Å². The van der Waals surface area contributed by atoms with Crippen LogP contribution >= 0.6 is 11.3 Å². The van der Waals surface area contributed by atoms with Gasteiger partial charge in [0.2, 0.25) is 5.91 Å². The van der Waals surface area contributed by atoms with Crippen molar-refractivity contribution >= 4 is 34.4 Å². The number of fused-ring (bicyclic) bond motifs is 1. The highest BCUT2D eigenvalue weighted by Gasteiger charge is 2.41. The molecule has 38 heavy (non-hydrogen) atoms. The first-order valence-corrected chi connectivity index (χ1v) is 14.1. The number of nitrogens with one attached hydrogen (secondary N) is 1. The van der Waals surface area contributed by atoms with Gasteiger partial charge >= 0.3 is 0 Å². The lowest BCUT2D eigenvalue weighted by Crippen LogP contribution is -2.38. The molecule has 2 heterocycles. The zero-order valence-electron chi connectivity index (χ0n) is 22.2. The molecule has 2 aromatic carbocycles. The molecular weight excluding hydrogens is 496 g/mol. The SMILES string of the molecule is CCCCCC(=O)N1c2ccccc2NC2=C(C(=O)C[C@H](c3ccc(OC)c(OC)c3)C2)[C@@H]1c1cccs1. The molecule has 5 rings (SSSR count). The van der Waals surface area contributed by atoms with Gasteiger partial charge in [0, 0.05) is 29.0 Å². The van der Waals surface area contributed by atoms with Crippen LogP contribution in [0.1, 0.15) is 67.8 Å². The molecule has 0 saturated carbocycles. The maximum atomic E-state index is 14.0. The summed E-state index contributed by atoms with van der Waals surface area (Å²) < 4.78 is 10.9. The Bertz CT molecular complexity index is 1350. The Morgan fingerprint density at radius 1 is 1.03 bits per heavy atom. The average molecular weight is 531 g/mol. The summed E-state index contributed by atoms with van der Waals surface area (Å²) in [5, 5.41) is 5.61. The fourth-order valence-electron chi connectivity index (χ4n) is 5.57. The van der Waals surface area contributed by atoms with Gasteiger partial charge in [-0.2, -0.15) is 0 Å². The van der Waals surface area contributed by atoms with E-state index in [4.69, 9.17) is 9.47 Å². The summed E-state index contributed by atoms with van der Waals surface area (Å²) in [4.78, 5) is 30.7. The second-order valence-corrected chi connectivity index (χ2v) is 10.8. The first kappa shape index (κ1) is 26.0. The molecule has 1 aliphatic heterocycles. The maximum absolute atomic E-state index is 14.0. The smallest absolute Gasteiger partial charge is 0.227 e. The quantitative estimate of drug-likeness (QED) is 0.311.